The zero-order chi connectivity index (χ0) is 15.6. The van der Waals surface area contributed by atoms with Crippen LogP contribution in [0, 0.1) is 0 Å². The van der Waals surface area contributed by atoms with Crippen molar-refractivity contribution >= 4 is 45.5 Å². The lowest BCUT2D eigenvalue weighted by atomic mass is 10.3. The quantitative estimate of drug-likeness (QED) is 0.781. The Kier molecular flexibility index (Phi) is 4.00. The maximum Gasteiger partial charge on any atom is 0.432 e. The molecule has 11 heteroatoms. The highest BCUT2D eigenvalue weighted by Crippen LogP contribution is 2.16. The van der Waals surface area contributed by atoms with E-state index < -0.39 is 22.3 Å². The molecule has 0 saturated carbocycles. The molecule has 1 aromatic carbocycles. The Hall–Kier alpha value is -2.33. The first-order valence-electron chi connectivity index (χ1n) is 5.43. The molecule has 0 aromatic heterocycles. The highest BCUT2D eigenvalue weighted by Gasteiger charge is 2.35. The number of ether oxygens (including phenoxy) is 1. The van der Waals surface area contributed by atoms with Crippen LogP contribution in [0.5, 0.6) is 0 Å². The molecule has 1 heterocycles. The smallest absolute Gasteiger partial charge is 0.432 e. The topological polar surface area (TPSA) is 126 Å². The van der Waals surface area contributed by atoms with Crippen LogP contribution >= 0.6 is 11.6 Å². The standard InChI is InChI=1S/C10H10ClN5O4S/c1-20-10(17)16-8(12)14-9(15-21(16,18)19)13-7-4-2-6(11)3-5-7/h2-5H,1H3,(H3,12,13,14,15). The van der Waals surface area contributed by atoms with E-state index in [1.807, 2.05) is 0 Å². The van der Waals surface area contributed by atoms with Crippen LogP contribution in [0.2, 0.25) is 5.02 Å². The molecular weight excluding hydrogens is 322 g/mol. The summed E-state index contributed by atoms with van der Waals surface area (Å²) in [5.41, 5.74) is 5.95. The van der Waals surface area contributed by atoms with Crippen LogP contribution in [0.4, 0.5) is 10.5 Å². The largest absolute Gasteiger partial charge is 0.452 e. The monoisotopic (exact) mass is 331 g/mol. The van der Waals surface area contributed by atoms with Gasteiger partial charge in [0.05, 0.1) is 7.11 Å². The number of nitrogens with one attached hydrogen (secondary N) is 1. The molecule has 1 amide bonds. The number of benzene rings is 1. The second-order valence-electron chi connectivity index (χ2n) is 3.73. The van der Waals surface area contributed by atoms with E-state index in [2.05, 4.69) is 19.4 Å². The van der Waals surface area contributed by atoms with Crippen molar-refractivity contribution in [1.82, 2.24) is 4.31 Å². The molecule has 0 bridgehead atoms. The molecule has 0 aliphatic carbocycles. The first kappa shape index (κ1) is 15.1. The van der Waals surface area contributed by atoms with Crippen molar-refractivity contribution in [2.45, 2.75) is 0 Å². The summed E-state index contributed by atoms with van der Waals surface area (Å²) in [6.45, 7) is 0. The Labute approximate surface area is 125 Å². The van der Waals surface area contributed by atoms with Crippen molar-refractivity contribution in [2.75, 3.05) is 12.4 Å². The third-order valence-corrected chi connectivity index (χ3v) is 3.76. The molecule has 0 atom stereocenters. The third kappa shape index (κ3) is 3.23. The van der Waals surface area contributed by atoms with Gasteiger partial charge in [-0.15, -0.1) is 8.70 Å². The molecule has 3 N–H and O–H groups in total. The molecule has 112 valence electrons. The molecule has 21 heavy (non-hydrogen) atoms. The SMILES string of the molecule is COC(=O)N1C(N)=NC(Nc2ccc(Cl)cc2)=NS1(=O)=O. The Morgan fingerprint density at radius 2 is 2.00 bits per heavy atom. The highest BCUT2D eigenvalue weighted by atomic mass is 35.5. The number of aliphatic imine (C=N–C) groups is 1. The van der Waals surface area contributed by atoms with Crippen LogP contribution in [0.1, 0.15) is 0 Å². The van der Waals surface area contributed by atoms with Gasteiger partial charge in [-0.05, 0) is 24.3 Å². The summed E-state index contributed by atoms with van der Waals surface area (Å²) in [7, 11) is -3.35. The number of halogens is 1. The predicted molar refractivity (Wildman–Crippen MR) is 77.3 cm³/mol. The number of carbonyl (C=O) groups excluding carboxylic acids is 1. The van der Waals surface area contributed by atoms with Crippen LogP contribution < -0.4 is 11.1 Å². The second kappa shape index (κ2) is 5.58. The van der Waals surface area contributed by atoms with Gasteiger partial charge in [-0.2, -0.15) is 13.4 Å². The molecule has 9 nitrogen and oxygen atoms in total. The van der Waals surface area contributed by atoms with E-state index in [0.29, 0.717) is 10.7 Å². The molecule has 1 aromatic rings. The molecule has 0 spiro atoms. The van der Waals surface area contributed by atoms with Crippen LogP contribution in [-0.2, 0) is 14.9 Å². The van der Waals surface area contributed by atoms with E-state index in [1.165, 1.54) is 0 Å². The van der Waals surface area contributed by atoms with E-state index in [4.69, 9.17) is 17.3 Å². The van der Waals surface area contributed by atoms with Crippen molar-refractivity contribution < 1.29 is 17.9 Å². The predicted octanol–water partition coefficient (Wildman–Crippen LogP) is 0.749. The Balaban J connectivity index is 2.30. The van der Waals surface area contributed by atoms with Crippen molar-refractivity contribution in [1.29, 1.82) is 0 Å². The summed E-state index contributed by atoms with van der Waals surface area (Å²) in [5.74, 6) is -0.858. The van der Waals surface area contributed by atoms with Gasteiger partial charge in [-0.1, -0.05) is 11.6 Å². The Bertz CT molecular complexity index is 728. The summed E-state index contributed by atoms with van der Waals surface area (Å²) >= 11 is 5.73. The van der Waals surface area contributed by atoms with Crippen molar-refractivity contribution in [3.05, 3.63) is 29.3 Å². The molecule has 1 aliphatic heterocycles. The summed E-state index contributed by atoms with van der Waals surface area (Å²) in [6, 6.07) is 6.37. The molecule has 0 unspecified atom stereocenters. The van der Waals surface area contributed by atoms with Gasteiger partial charge in [0.15, 0.2) is 0 Å². The number of guanidine groups is 2. The molecule has 0 saturated heterocycles. The first-order chi connectivity index (χ1) is 9.83. The number of nitrogens with zero attached hydrogens (tertiary/aromatic N) is 3. The number of nitrogens with two attached hydrogens (primary N) is 1. The lowest BCUT2D eigenvalue weighted by Crippen LogP contribution is -2.48. The van der Waals surface area contributed by atoms with E-state index in [9.17, 15) is 13.2 Å². The average Bonchev–Trinajstić information content (AvgIpc) is 2.39. The van der Waals surface area contributed by atoms with Crippen LogP contribution in [-0.4, -0.2) is 37.8 Å². The molecule has 0 radical (unpaired) electrons. The van der Waals surface area contributed by atoms with Crippen molar-refractivity contribution in [3.8, 4) is 0 Å². The minimum absolute atomic E-state index is 0.153. The number of amides is 1. The van der Waals surface area contributed by atoms with Gasteiger partial charge in [0.1, 0.15) is 0 Å². The van der Waals surface area contributed by atoms with Crippen molar-refractivity contribution in [3.63, 3.8) is 0 Å². The van der Waals surface area contributed by atoms with Gasteiger partial charge >= 0.3 is 16.3 Å². The van der Waals surface area contributed by atoms with E-state index >= 15 is 0 Å². The van der Waals surface area contributed by atoms with Gasteiger partial charge < -0.3 is 15.8 Å². The third-order valence-electron chi connectivity index (χ3n) is 2.30. The molecule has 2 rings (SSSR count). The number of methoxy groups -OCH3 is 1. The number of carbonyl (C=O) groups is 1. The van der Waals surface area contributed by atoms with E-state index in [1.54, 1.807) is 24.3 Å². The van der Waals surface area contributed by atoms with E-state index in [0.717, 1.165) is 7.11 Å². The lowest BCUT2D eigenvalue weighted by molar-refractivity contribution is 0.161. The number of anilines is 1. The minimum atomic E-state index is -4.36. The van der Waals surface area contributed by atoms with Gasteiger partial charge in [0.2, 0.25) is 11.9 Å². The highest BCUT2D eigenvalue weighted by molar-refractivity contribution is 7.89. The summed E-state index contributed by atoms with van der Waals surface area (Å²) in [5, 5.41) is 3.15. The zero-order valence-electron chi connectivity index (χ0n) is 10.6. The fourth-order valence-electron chi connectivity index (χ4n) is 1.43. The maximum absolute atomic E-state index is 11.9. The average molecular weight is 332 g/mol. The maximum atomic E-state index is 11.9. The first-order valence-corrected chi connectivity index (χ1v) is 7.21. The molecule has 0 fully saturated rings. The van der Waals surface area contributed by atoms with E-state index in [-0.39, 0.29) is 10.3 Å². The Morgan fingerprint density at radius 1 is 1.38 bits per heavy atom. The van der Waals surface area contributed by atoms with Crippen molar-refractivity contribution in [2.24, 2.45) is 15.1 Å². The Morgan fingerprint density at radius 3 is 2.52 bits per heavy atom. The van der Waals surface area contributed by atoms with Gasteiger partial charge in [-0.3, -0.25) is 0 Å². The van der Waals surface area contributed by atoms with Crippen LogP contribution in [0.25, 0.3) is 0 Å². The van der Waals surface area contributed by atoms with Gasteiger partial charge in [0.25, 0.3) is 0 Å². The normalized spacial score (nSPS) is 16.8. The fourth-order valence-corrected chi connectivity index (χ4v) is 2.48. The molecule has 1 aliphatic rings. The number of hydrogen-bond acceptors (Lipinski definition) is 7. The fraction of sp³-hybridized carbons (Fsp3) is 0.100. The lowest BCUT2D eigenvalue weighted by Gasteiger charge is -2.21. The van der Waals surface area contributed by atoms with Gasteiger partial charge in [-0.25, -0.2) is 4.79 Å². The van der Waals surface area contributed by atoms with Gasteiger partial charge in [0, 0.05) is 10.7 Å². The molecular formula is C10H10ClN5O4S. The number of hydrogen-bond donors (Lipinski definition) is 2. The number of rotatable bonds is 1. The summed E-state index contributed by atoms with van der Waals surface area (Å²) in [6.07, 6.45) is -1.20. The van der Waals surface area contributed by atoms with Crippen LogP contribution in [0.3, 0.4) is 0 Å². The zero-order valence-corrected chi connectivity index (χ0v) is 12.2. The second-order valence-corrected chi connectivity index (χ2v) is 5.61. The van der Waals surface area contributed by atoms with Crippen LogP contribution in [0.15, 0.2) is 33.7 Å². The summed E-state index contributed by atoms with van der Waals surface area (Å²) < 4.78 is 31.5. The summed E-state index contributed by atoms with van der Waals surface area (Å²) in [4.78, 5) is 15.0. The minimum Gasteiger partial charge on any atom is -0.452 e.